The summed E-state index contributed by atoms with van der Waals surface area (Å²) in [7, 11) is 2.00. The van der Waals surface area contributed by atoms with Crippen LogP contribution in [0.1, 0.15) is 79.0 Å². The second-order valence-corrected chi connectivity index (χ2v) is 11.8. The van der Waals surface area contributed by atoms with Gasteiger partial charge in [0, 0.05) is 42.1 Å². The van der Waals surface area contributed by atoms with Gasteiger partial charge in [-0.1, -0.05) is 62.4 Å². The summed E-state index contributed by atoms with van der Waals surface area (Å²) >= 11 is 0. The zero-order valence-electron chi connectivity index (χ0n) is 26.6. The van der Waals surface area contributed by atoms with E-state index in [4.69, 9.17) is 19.3 Å². The summed E-state index contributed by atoms with van der Waals surface area (Å²) in [5.74, 6) is 0.672. The Labute approximate surface area is 259 Å². The fourth-order valence-corrected chi connectivity index (χ4v) is 6.81. The largest absolute Gasteiger partial charge is 0.493 e. The van der Waals surface area contributed by atoms with Gasteiger partial charge in [0.25, 0.3) is 0 Å². The molecular formula is C37H43N3O4. The molecule has 2 aromatic heterocycles. The molecule has 230 valence electrons. The molecule has 0 spiro atoms. The maximum atomic E-state index is 13.9. The van der Waals surface area contributed by atoms with Gasteiger partial charge >= 0.3 is 5.97 Å². The number of rotatable bonds is 8. The summed E-state index contributed by atoms with van der Waals surface area (Å²) < 4.78 is 22.5. The predicted molar refractivity (Wildman–Crippen MR) is 176 cm³/mol. The number of carbonyl (C=O) groups excluding carboxylic acids is 1. The normalized spacial score (nSPS) is 14.3. The average molecular weight is 594 g/mol. The van der Waals surface area contributed by atoms with E-state index < -0.39 is 0 Å². The molecule has 0 fully saturated rings. The molecule has 5 aromatic rings. The highest BCUT2D eigenvalue weighted by molar-refractivity contribution is 6.06. The number of benzene rings is 3. The number of nitrogens with zero attached hydrogens (tertiary/aromatic N) is 3. The van der Waals surface area contributed by atoms with E-state index in [0.717, 1.165) is 86.7 Å². The van der Waals surface area contributed by atoms with Crippen LogP contribution in [0.25, 0.3) is 32.8 Å². The number of hydrogen-bond donors (Lipinski definition) is 0. The van der Waals surface area contributed by atoms with Crippen LogP contribution in [0.3, 0.4) is 0 Å². The van der Waals surface area contributed by atoms with Crippen molar-refractivity contribution in [3.63, 3.8) is 0 Å². The van der Waals surface area contributed by atoms with Gasteiger partial charge in [0.15, 0.2) is 0 Å². The zero-order valence-corrected chi connectivity index (χ0v) is 26.6. The van der Waals surface area contributed by atoms with Gasteiger partial charge in [-0.15, -0.1) is 0 Å². The van der Waals surface area contributed by atoms with E-state index in [1.165, 1.54) is 0 Å². The van der Waals surface area contributed by atoms with Crippen molar-refractivity contribution in [3.8, 4) is 16.9 Å². The lowest BCUT2D eigenvalue weighted by atomic mass is 9.90. The summed E-state index contributed by atoms with van der Waals surface area (Å²) in [5, 5.41) is 8.29. The molecule has 0 amide bonds. The third-order valence-electron chi connectivity index (χ3n) is 8.97. The minimum atomic E-state index is -0.266. The average Bonchev–Trinajstić information content (AvgIpc) is 3.51. The molecule has 1 atom stereocenters. The molecule has 7 heteroatoms. The molecule has 0 saturated carbocycles. The van der Waals surface area contributed by atoms with Crippen molar-refractivity contribution in [2.75, 3.05) is 19.8 Å². The van der Waals surface area contributed by atoms with Gasteiger partial charge in [0.05, 0.1) is 36.7 Å². The SMILES string of the molecule is CCOC(=O)c1c(C(C)CCOc2cccc3ccccc23)c2ccc(C)c3c2n1CCCCOCc1c-3c(CC)nn1C. The van der Waals surface area contributed by atoms with Crippen molar-refractivity contribution >= 4 is 27.6 Å². The second kappa shape index (κ2) is 12.9. The van der Waals surface area contributed by atoms with Crippen molar-refractivity contribution in [2.45, 2.75) is 72.4 Å². The van der Waals surface area contributed by atoms with Gasteiger partial charge in [-0.05, 0) is 68.0 Å². The van der Waals surface area contributed by atoms with Crippen LogP contribution in [0.4, 0.5) is 0 Å². The van der Waals surface area contributed by atoms with E-state index in [9.17, 15) is 4.79 Å². The monoisotopic (exact) mass is 593 g/mol. The van der Waals surface area contributed by atoms with E-state index in [1.807, 2.05) is 42.9 Å². The Balaban J connectivity index is 1.50. The number of carbonyl (C=O) groups is 1. The first-order valence-corrected chi connectivity index (χ1v) is 16.0. The summed E-state index contributed by atoms with van der Waals surface area (Å²) in [6, 6.07) is 18.9. The molecule has 0 N–H and O–H groups in total. The third kappa shape index (κ3) is 5.38. The van der Waals surface area contributed by atoms with Crippen LogP contribution in [0.15, 0.2) is 54.6 Å². The molecule has 1 aliphatic rings. The van der Waals surface area contributed by atoms with Gasteiger partial charge in [0.2, 0.25) is 0 Å². The Bertz CT molecular complexity index is 1810. The zero-order chi connectivity index (χ0) is 30.8. The number of fused-ring (bicyclic) bond motifs is 3. The van der Waals surface area contributed by atoms with Crippen LogP contribution in [-0.4, -0.2) is 40.1 Å². The van der Waals surface area contributed by atoms with Crippen molar-refractivity contribution < 1.29 is 19.0 Å². The van der Waals surface area contributed by atoms with Crippen LogP contribution in [-0.2, 0) is 36.1 Å². The lowest BCUT2D eigenvalue weighted by molar-refractivity contribution is 0.0511. The standard InChI is InChI=1S/C37H43N3O4/c1-6-29-34-30(39(5)38-29)23-42-21-11-10-20-40-35-28(18-17-24(3)33(34)35)32(36(40)37(41)43-7-2)25(4)19-22-44-31-16-12-14-26-13-8-9-15-27(26)31/h8-9,12-18,25H,6-7,10-11,19-23H2,1-5H3. The van der Waals surface area contributed by atoms with Gasteiger partial charge in [-0.3, -0.25) is 4.68 Å². The van der Waals surface area contributed by atoms with E-state index in [2.05, 4.69) is 55.7 Å². The van der Waals surface area contributed by atoms with E-state index in [-0.39, 0.29) is 11.9 Å². The van der Waals surface area contributed by atoms with Crippen LogP contribution in [0.2, 0.25) is 0 Å². The minimum Gasteiger partial charge on any atom is -0.493 e. The number of aryl methyl sites for hydroxylation is 4. The highest BCUT2D eigenvalue weighted by Gasteiger charge is 2.31. The molecule has 1 unspecified atom stereocenters. The van der Waals surface area contributed by atoms with Crippen molar-refractivity contribution in [3.05, 3.63) is 82.8 Å². The first kappa shape index (κ1) is 29.9. The van der Waals surface area contributed by atoms with Crippen LogP contribution >= 0.6 is 0 Å². The van der Waals surface area contributed by atoms with Crippen LogP contribution in [0.5, 0.6) is 5.75 Å². The third-order valence-corrected chi connectivity index (χ3v) is 8.97. The van der Waals surface area contributed by atoms with Crippen molar-refractivity contribution in [1.82, 2.24) is 14.3 Å². The Hall–Kier alpha value is -4.10. The topological polar surface area (TPSA) is 67.5 Å². The maximum absolute atomic E-state index is 13.9. The Morgan fingerprint density at radius 2 is 1.84 bits per heavy atom. The molecule has 1 aliphatic heterocycles. The lowest BCUT2D eigenvalue weighted by Crippen LogP contribution is -2.16. The molecule has 0 radical (unpaired) electrons. The van der Waals surface area contributed by atoms with E-state index >= 15 is 0 Å². The van der Waals surface area contributed by atoms with Crippen LogP contribution < -0.4 is 4.74 Å². The first-order valence-electron chi connectivity index (χ1n) is 16.0. The number of aromatic nitrogens is 3. The van der Waals surface area contributed by atoms with Crippen molar-refractivity contribution in [1.29, 1.82) is 0 Å². The van der Waals surface area contributed by atoms with Gasteiger partial charge in [-0.25, -0.2) is 4.79 Å². The number of ether oxygens (including phenoxy) is 3. The van der Waals surface area contributed by atoms with Gasteiger partial charge in [-0.2, -0.15) is 5.10 Å². The number of esters is 1. The number of hydrogen-bond acceptors (Lipinski definition) is 5. The van der Waals surface area contributed by atoms with Crippen molar-refractivity contribution in [2.24, 2.45) is 7.05 Å². The Kier molecular flexibility index (Phi) is 8.76. The van der Waals surface area contributed by atoms with Gasteiger partial charge in [0.1, 0.15) is 11.4 Å². The second-order valence-electron chi connectivity index (χ2n) is 11.8. The molecule has 6 rings (SSSR count). The first-order chi connectivity index (χ1) is 21.4. The molecule has 44 heavy (non-hydrogen) atoms. The van der Waals surface area contributed by atoms with E-state index in [0.29, 0.717) is 38.7 Å². The summed E-state index contributed by atoms with van der Waals surface area (Å²) in [5.41, 5.74) is 8.35. The molecule has 7 nitrogen and oxygen atoms in total. The fourth-order valence-electron chi connectivity index (χ4n) is 6.81. The summed E-state index contributed by atoms with van der Waals surface area (Å²) in [4.78, 5) is 13.9. The molecule has 0 saturated heterocycles. The molecule has 0 bridgehead atoms. The minimum absolute atomic E-state index is 0.0546. The molecule has 3 heterocycles. The molecule has 0 aliphatic carbocycles. The predicted octanol–water partition coefficient (Wildman–Crippen LogP) is 8.13. The van der Waals surface area contributed by atoms with Gasteiger partial charge < -0.3 is 18.8 Å². The highest BCUT2D eigenvalue weighted by atomic mass is 16.5. The highest BCUT2D eigenvalue weighted by Crippen LogP contribution is 2.43. The van der Waals surface area contributed by atoms with E-state index in [1.54, 1.807) is 0 Å². The van der Waals surface area contributed by atoms with Crippen LogP contribution in [0, 0.1) is 6.92 Å². The molecule has 3 aromatic carbocycles. The lowest BCUT2D eigenvalue weighted by Gasteiger charge is -2.16. The summed E-state index contributed by atoms with van der Waals surface area (Å²) in [6.45, 7) is 11.1. The molecular weight excluding hydrogens is 550 g/mol. The fraction of sp³-hybridized carbons (Fsp3) is 0.405. The quantitative estimate of drug-likeness (QED) is 0.170. The smallest absolute Gasteiger partial charge is 0.355 e. The Morgan fingerprint density at radius 3 is 2.66 bits per heavy atom. The maximum Gasteiger partial charge on any atom is 0.355 e. The summed E-state index contributed by atoms with van der Waals surface area (Å²) in [6.07, 6.45) is 3.36. The Morgan fingerprint density at radius 1 is 1.02 bits per heavy atom.